The maximum Gasteiger partial charge on any atom is 0.396 e. The monoisotopic (exact) mass is 214 g/mol. The SMILES string of the molecule is CCOC(=O)C(=O)NCc1nccs1. The molecule has 0 aliphatic heterocycles. The quantitative estimate of drug-likeness (QED) is 0.581. The molecule has 1 amide bonds. The molecular formula is C8H10N2O3S. The number of ether oxygens (including phenoxy) is 1. The van der Waals surface area contributed by atoms with Crippen LogP contribution in [-0.2, 0) is 20.9 Å². The number of hydrogen-bond donors (Lipinski definition) is 1. The van der Waals surface area contributed by atoms with Crippen LogP contribution in [0.5, 0.6) is 0 Å². The molecular weight excluding hydrogens is 204 g/mol. The molecule has 0 aliphatic carbocycles. The molecule has 0 radical (unpaired) electrons. The highest BCUT2D eigenvalue weighted by Crippen LogP contribution is 2.02. The Morgan fingerprint density at radius 2 is 2.43 bits per heavy atom. The van der Waals surface area contributed by atoms with Gasteiger partial charge in [-0.15, -0.1) is 11.3 Å². The lowest BCUT2D eigenvalue weighted by atomic mass is 10.5. The Kier molecular flexibility index (Phi) is 4.06. The largest absolute Gasteiger partial charge is 0.459 e. The van der Waals surface area contributed by atoms with Gasteiger partial charge in [0.05, 0.1) is 13.2 Å². The second kappa shape index (κ2) is 5.33. The van der Waals surface area contributed by atoms with Gasteiger partial charge in [-0.2, -0.15) is 0 Å². The van der Waals surface area contributed by atoms with Gasteiger partial charge in [-0.3, -0.25) is 4.79 Å². The first-order chi connectivity index (χ1) is 6.74. The molecule has 0 atom stereocenters. The van der Waals surface area contributed by atoms with Gasteiger partial charge in [-0.1, -0.05) is 0 Å². The minimum absolute atomic E-state index is 0.198. The summed E-state index contributed by atoms with van der Waals surface area (Å²) in [5, 5.41) is 4.95. The lowest BCUT2D eigenvalue weighted by molar-refractivity contribution is -0.154. The van der Waals surface area contributed by atoms with E-state index in [1.54, 1.807) is 18.5 Å². The van der Waals surface area contributed by atoms with Gasteiger partial charge in [0.25, 0.3) is 0 Å². The van der Waals surface area contributed by atoms with Crippen LogP contribution in [0.15, 0.2) is 11.6 Å². The molecule has 76 valence electrons. The number of esters is 1. The maximum absolute atomic E-state index is 11.0. The normalized spacial score (nSPS) is 9.50. The van der Waals surface area contributed by atoms with Crippen molar-refractivity contribution in [1.82, 2.24) is 10.3 Å². The number of carbonyl (C=O) groups excluding carboxylic acids is 2. The smallest absolute Gasteiger partial charge is 0.396 e. The summed E-state index contributed by atoms with van der Waals surface area (Å²) in [6.45, 7) is 2.10. The van der Waals surface area contributed by atoms with Gasteiger partial charge in [-0.05, 0) is 6.92 Å². The van der Waals surface area contributed by atoms with E-state index in [0.717, 1.165) is 5.01 Å². The van der Waals surface area contributed by atoms with Gasteiger partial charge < -0.3 is 10.1 Å². The maximum atomic E-state index is 11.0. The third-order valence-corrected chi connectivity index (χ3v) is 2.12. The Morgan fingerprint density at radius 1 is 1.64 bits per heavy atom. The van der Waals surface area contributed by atoms with Crippen LogP contribution in [0, 0.1) is 0 Å². The number of nitrogens with zero attached hydrogens (tertiary/aromatic N) is 1. The van der Waals surface area contributed by atoms with Crippen LogP contribution < -0.4 is 5.32 Å². The summed E-state index contributed by atoms with van der Waals surface area (Å²) in [5.74, 6) is -1.59. The number of aromatic nitrogens is 1. The zero-order valence-electron chi connectivity index (χ0n) is 7.65. The van der Waals surface area contributed by atoms with Crippen molar-refractivity contribution in [2.75, 3.05) is 6.61 Å². The van der Waals surface area contributed by atoms with E-state index in [9.17, 15) is 9.59 Å². The van der Waals surface area contributed by atoms with Crippen LogP contribution >= 0.6 is 11.3 Å². The first kappa shape index (κ1) is 10.6. The highest BCUT2D eigenvalue weighted by atomic mass is 32.1. The predicted molar refractivity (Wildman–Crippen MR) is 50.6 cm³/mol. The minimum atomic E-state index is -0.857. The van der Waals surface area contributed by atoms with E-state index in [2.05, 4.69) is 15.0 Å². The molecule has 5 nitrogen and oxygen atoms in total. The van der Waals surface area contributed by atoms with Gasteiger partial charge in [-0.25, -0.2) is 9.78 Å². The van der Waals surface area contributed by atoms with Gasteiger partial charge in [0.1, 0.15) is 5.01 Å². The summed E-state index contributed by atoms with van der Waals surface area (Å²) in [6.07, 6.45) is 1.64. The summed E-state index contributed by atoms with van der Waals surface area (Å²) in [7, 11) is 0. The summed E-state index contributed by atoms with van der Waals surface area (Å²) >= 11 is 1.41. The molecule has 1 rings (SSSR count). The fraction of sp³-hybridized carbons (Fsp3) is 0.375. The van der Waals surface area contributed by atoms with E-state index in [1.807, 2.05) is 0 Å². The number of amides is 1. The fourth-order valence-corrected chi connectivity index (χ4v) is 1.32. The summed E-state index contributed by atoms with van der Waals surface area (Å²) in [4.78, 5) is 25.8. The van der Waals surface area contributed by atoms with E-state index in [-0.39, 0.29) is 13.2 Å². The predicted octanol–water partition coefficient (Wildman–Crippen LogP) is 0.322. The number of hydrogen-bond acceptors (Lipinski definition) is 5. The van der Waals surface area contributed by atoms with E-state index in [0.29, 0.717) is 0 Å². The van der Waals surface area contributed by atoms with E-state index in [1.165, 1.54) is 11.3 Å². The number of rotatable bonds is 3. The lowest BCUT2D eigenvalue weighted by Gasteiger charge is -2.01. The minimum Gasteiger partial charge on any atom is -0.459 e. The first-order valence-electron chi connectivity index (χ1n) is 4.07. The van der Waals surface area contributed by atoms with Gasteiger partial charge in [0, 0.05) is 11.6 Å². The fourth-order valence-electron chi connectivity index (χ4n) is 0.765. The van der Waals surface area contributed by atoms with Crippen molar-refractivity contribution >= 4 is 23.2 Å². The average molecular weight is 214 g/mol. The topological polar surface area (TPSA) is 68.3 Å². The van der Waals surface area contributed by atoms with Crippen molar-refractivity contribution in [3.05, 3.63) is 16.6 Å². The summed E-state index contributed by atoms with van der Waals surface area (Å²) in [6, 6.07) is 0. The Bertz CT molecular complexity index is 310. The van der Waals surface area contributed by atoms with E-state index >= 15 is 0 Å². The molecule has 1 aromatic heterocycles. The molecule has 0 aliphatic rings. The molecule has 1 aromatic rings. The Hall–Kier alpha value is -1.43. The van der Waals surface area contributed by atoms with Crippen molar-refractivity contribution in [1.29, 1.82) is 0 Å². The standard InChI is InChI=1S/C8H10N2O3S/c1-2-13-8(12)7(11)10-5-6-9-3-4-14-6/h3-4H,2,5H2,1H3,(H,10,11). The van der Waals surface area contributed by atoms with Gasteiger partial charge in [0.2, 0.25) is 0 Å². The average Bonchev–Trinajstić information content (AvgIpc) is 2.67. The van der Waals surface area contributed by atoms with Crippen LogP contribution in [0.3, 0.4) is 0 Å². The summed E-state index contributed by atoms with van der Waals surface area (Å²) < 4.78 is 4.51. The highest BCUT2D eigenvalue weighted by Gasteiger charge is 2.13. The molecule has 0 saturated heterocycles. The highest BCUT2D eigenvalue weighted by molar-refractivity contribution is 7.09. The molecule has 0 aromatic carbocycles. The van der Waals surface area contributed by atoms with Gasteiger partial charge in [0.15, 0.2) is 0 Å². The number of carbonyl (C=O) groups is 2. The molecule has 1 heterocycles. The van der Waals surface area contributed by atoms with Crippen molar-refractivity contribution in [3.8, 4) is 0 Å². The van der Waals surface area contributed by atoms with Crippen molar-refractivity contribution in [3.63, 3.8) is 0 Å². The Balaban J connectivity index is 2.31. The van der Waals surface area contributed by atoms with Crippen molar-refractivity contribution < 1.29 is 14.3 Å². The second-order valence-corrected chi connectivity index (χ2v) is 3.31. The van der Waals surface area contributed by atoms with E-state index < -0.39 is 11.9 Å². The second-order valence-electron chi connectivity index (χ2n) is 2.33. The van der Waals surface area contributed by atoms with Crippen LogP contribution in [0.2, 0.25) is 0 Å². The zero-order valence-corrected chi connectivity index (χ0v) is 8.47. The third kappa shape index (κ3) is 3.14. The van der Waals surface area contributed by atoms with Crippen LogP contribution in [0.1, 0.15) is 11.9 Å². The number of thiazole rings is 1. The third-order valence-electron chi connectivity index (χ3n) is 1.34. The molecule has 14 heavy (non-hydrogen) atoms. The van der Waals surface area contributed by atoms with Crippen LogP contribution in [0.4, 0.5) is 0 Å². The van der Waals surface area contributed by atoms with E-state index in [4.69, 9.17) is 0 Å². The zero-order chi connectivity index (χ0) is 10.4. The molecule has 1 N–H and O–H groups in total. The van der Waals surface area contributed by atoms with Crippen molar-refractivity contribution in [2.24, 2.45) is 0 Å². The Labute approximate surface area is 85.1 Å². The lowest BCUT2D eigenvalue weighted by Crippen LogP contribution is -2.31. The molecule has 0 saturated carbocycles. The van der Waals surface area contributed by atoms with Gasteiger partial charge >= 0.3 is 11.9 Å². The first-order valence-corrected chi connectivity index (χ1v) is 4.95. The number of nitrogens with one attached hydrogen (secondary N) is 1. The summed E-state index contributed by atoms with van der Waals surface area (Å²) in [5.41, 5.74) is 0. The van der Waals surface area contributed by atoms with Crippen LogP contribution in [-0.4, -0.2) is 23.5 Å². The van der Waals surface area contributed by atoms with Crippen LogP contribution in [0.25, 0.3) is 0 Å². The molecule has 0 unspecified atom stereocenters. The molecule has 0 spiro atoms. The molecule has 0 fully saturated rings. The molecule has 0 bridgehead atoms. The molecule has 6 heteroatoms. The Morgan fingerprint density at radius 3 is 3.00 bits per heavy atom. The van der Waals surface area contributed by atoms with Crippen molar-refractivity contribution in [2.45, 2.75) is 13.5 Å².